The molecular weight excluding hydrogens is 210 g/mol. The minimum absolute atomic E-state index is 0.977. The van der Waals surface area contributed by atoms with Gasteiger partial charge in [-0.15, -0.1) is 5.10 Å². The normalized spacial score (nSPS) is 10.8. The zero-order valence-corrected chi connectivity index (χ0v) is 9.45. The number of hydrogen-bond acceptors (Lipinski definition) is 2. The van der Waals surface area contributed by atoms with Crippen LogP contribution in [-0.4, -0.2) is 14.8 Å². The van der Waals surface area contributed by atoms with E-state index in [1.54, 1.807) is 6.20 Å². The molecule has 0 unspecified atom stereocenters. The van der Waals surface area contributed by atoms with Gasteiger partial charge in [-0.2, -0.15) is 0 Å². The van der Waals surface area contributed by atoms with E-state index in [1.807, 2.05) is 16.6 Å². The third-order valence-electron chi connectivity index (χ3n) is 2.92. The Kier molecular flexibility index (Phi) is 2.58. The predicted octanol–water partition coefficient (Wildman–Crippen LogP) is 2.51. The molecule has 3 nitrogen and oxygen atoms in total. The first-order valence-corrected chi connectivity index (χ1v) is 5.76. The molecule has 0 amide bonds. The monoisotopic (exact) mass is 223 g/mol. The fourth-order valence-electron chi connectivity index (χ4n) is 2.01. The molecular formula is C14H13N3. The number of hydrogen-bond donors (Lipinski definition) is 0. The van der Waals surface area contributed by atoms with Crippen LogP contribution < -0.4 is 0 Å². The van der Waals surface area contributed by atoms with Crippen molar-refractivity contribution >= 4 is 5.52 Å². The van der Waals surface area contributed by atoms with E-state index in [1.165, 1.54) is 11.3 Å². The van der Waals surface area contributed by atoms with Crippen molar-refractivity contribution in [1.29, 1.82) is 0 Å². The van der Waals surface area contributed by atoms with Crippen LogP contribution in [0.5, 0.6) is 0 Å². The number of benzene rings is 1. The van der Waals surface area contributed by atoms with Gasteiger partial charge in [0.25, 0.3) is 0 Å². The van der Waals surface area contributed by atoms with Gasteiger partial charge in [-0.25, -0.2) is 4.52 Å². The smallest absolute Gasteiger partial charge is 0.0868 e. The SMILES string of the molecule is c1ccc(CCc2cccc3cnnn23)cc1. The molecule has 17 heavy (non-hydrogen) atoms. The van der Waals surface area contributed by atoms with Crippen molar-refractivity contribution in [2.45, 2.75) is 12.8 Å². The molecule has 0 spiro atoms. The summed E-state index contributed by atoms with van der Waals surface area (Å²) in [5.74, 6) is 0. The molecule has 0 fully saturated rings. The van der Waals surface area contributed by atoms with Crippen molar-refractivity contribution in [3.63, 3.8) is 0 Å². The van der Waals surface area contributed by atoms with Crippen molar-refractivity contribution in [2.75, 3.05) is 0 Å². The van der Waals surface area contributed by atoms with Crippen LogP contribution in [-0.2, 0) is 12.8 Å². The van der Waals surface area contributed by atoms with Gasteiger partial charge in [0.1, 0.15) is 0 Å². The minimum atomic E-state index is 0.977. The lowest BCUT2D eigenvalue weighted by Gasteiger charge is -2.04. The first kappa shape index (κ1) is 10.0. The Morgan fingerprint density at radius 3 is 2.65 bits per heavy atom. The molecule has 2 heterocycles. The second kappa shape index (κ2) is 4.37. The zero-order chi connectivity index (χ0) is 11.5. The highest BCUT2D eigenvalue weighted by atomic mass is 15.4. The highest BCUT2D eigenvalue weighted by Crippen LogP contribution is 2.09. The van der Waals surface area contributed by atoms with Gasteiger partial charge in [0.15, 0.2) is 0 Å². The summed E-state index contributed by atoms with van der Waals surface area (Å²) in [5, 5.41) is 8.03. The molecule has 3 heteroatoms. The highest BCUT2D eigenvalue weighted by Gasteiger charge is 2.01. The quantitative estimate of drug-likeness (QED) is 0.683. The topological polar surface area (TPSA) is 30.2 Å². The van der Waals surface area contributed by atoms with E-state index in [-0.39, 0.29) is 0 Å². The van der Waals surface area contributed by atoms with Crippen LogP contribution in [0.25, 0.3) is 5.52 Å². The highest BCUT2D eigenvalue weighted by molar-refractivity contribution is 5.44. The average Bonchev–Trinajstić information content (AvgIpc) is 2.86. The summed E-state index contributed by atoms with van der Waals surface area (Å²) in [7, 11) is 0. The third kappa shape index (κ3) is 2.04. The molecule has 0 N–H and O–H groups in total. The van der Waals surface area contributed by atoms with Gasteiger partial charge in [0.05, 0.1) is 11.7 Å². The Labute approximate surface area is 99.7 Å². The molecule has 0 aliphatic rings. The first-order valence-electron chi connectivity index (χ1n) is 5.76. The summed E-state index contributed by atoms with van der Waals surface area (Å²) < 4.78 is 1.91. The van der Waals surface area contributed by atoms with Crippen molar-refractivity contribution in [2.24, 2.45) is 0 Å². The van der Waals surface area contributed by atoms with Crippen molar-refractivity contribution in [1.82, 2.24) is 14.8 Å². The molecule has 3 aromatic rings. The van der Waals surface area contributed by atoms with Crippen LogP contribution in [0, 0.1) is 0 Å². The van der Waals surface area contributed by atoms with Gasteiger partial charge in [-0.1, -0.05) is 41.6 Å². The van der Waals surface area contributed by atoms with Crippen molar-refractivity contribution < 1.29 is 0 Å². The Balaban J connectivity index is 1.84. The van der Waals surface area contributed by atoms with E-state index in [0.717, 1.165) is 18.4 Å². The fraction of sp³-hybridized carbons (Fsp3) is 0.143. The van der Waals surface area contributed by atoms with Crippen LogP contribution in [0.1, 0.15) is 11.3 Å². The molecule has 0 radical (unpaired) electrons. The maximum absolute atomic E-state index is 4.10. The van der Waals surface area contributed by atoms with Crippen molar-refractivity contribution in [3.8, 4) is 0 Å². The maximum atomic E-state index is 4.10. The molecule has 0 atom stereocenters. The number of aryl methyl sites for hydroxylation is 2. The van der Waals surface area contributed by atoms with Crippen LogP contribution in [0.15, 0.2) is 54.7 Å². The lowest BCUT2D eigenvalue weighted by molar-refractivity contribution is 0.777. The molecule has 2 aromatic heterocycles. The fourth-order valence-corrected chi connectivity index (χ4v) is 2.01. The Bertz CT molecular complexity index is 613. The standard InChI is InChI=1S/C14H13N3/c1-2-5-12(6-3-1)9-10-13-7-4-8-14-11-15-16-17(13)14/h1-8,11H,9-10H2. The van der Waals surface area contributed by atoms with E-state index >= 15 is 0 Å². The number of aromatic nitrogens is 3. The molecule has 0 bridgehead atoms. The van der Waals surface area contributed by atoms with E-state index in [0.29, 0.717) is 0 Å². The predicted molar refractivity (Wildman–Crippen MR) is 66.8 cm³/mol. The second-order valence-electron chi connectivity index (χ2n) is 4.07. The van der Waals surface area contributed by atoms with Gasteiger partial charge in [0, 0.05) is 5.69 Å². The van der Waals surface area contributed by atoms with E-state index in [9.17, 15) is 0 Å². The molecule has 3 rings (SSSR count). The molecule has 0 aliphatic carbocycles. The summed E-state index contributed by atoms with van der Waals surface area (Å²) >= 11 is 0. The van der Waals surface area contributed by atoms with Crippen LogP contribution in [0.3, 0.4) is 0 Å². The van der Waals surface area contributed by atoms with E-state index in [2.05, 4.69) is 46.7 Å². The van der Waals surface area contributed by atoms with Gasteiger partial charge in [-0.3, -0.25) is 0 Å². The van der Waals surface area contributed by atoms with Gasteiger partial charge >= 0.3 is 0 Å². The molecule has 0 aliphatic heterocycles. The summed E-state index contributed by atoms with van der Waals surface area (Å²) in [6.45, 7) is 0. The van der Waals surface area contributed by atoms with Crippen LogP contribution in [0.2, 0.25) is 0 Å². The Morgan fingerprint density at radius 2 is 1.76 bits per heavy atom. The molecule has 1 aromatic carbocycles. The summed E-state index contributed by atoms with van der Waals surface area (Å²) in [4.78, 5) is 0. The zero-order valence-electron chi connectivity index (χ0n) is 9.45. The lowest BCUT2D eigenvalue weighted by Crippen LogP contribution is -2.00. The van der Waals surface area contributed by atoms with Crippen molar-refractivity contribution in [3.05, 3.63) is 66.0 Å². The number of nitrogens with zero attached hydrogens (tertiary/aromatic N) is 3. The van der Waals surface area contributed by atoms with Crippen LogP contribution >= 0.6 is 0 Å². The van der Waals surface area contributed by atoms with Gasteiger partial charge in [0.2, 0.25) is 0 Å². The summed E-state index contributed by atoms with van der Waals surface area (Å²) in [6.07, 6.45) is 3.79. The lowest BCUT2D eigenvalue weighted by atomic mass is 10.1. The maximum Gasteiger partial charge on any atom is 0.0868 e. The third-order valence-corrected chi connectivity index (χ3v) is 2.92. The van der Waals surface area contributed by atoms with Gasteiger partial charge in [-0.05, 0) is 30.5 Å². The van der Waals surface area contributed by atoms with E-state index in [4.69, 9.17) is 0 Å². The van der Waals surface area contributed by atoms with E-state index < -0.39 is 0 Å². The molecule has 0 saturated carbocycles. The summed E-state index contributed by atoms with van der Waals surface area (Å²) in [5.41, 5.74) is 3.60. The number of fused-ring (bicyclic) bond motifs is 1. The summed E-state index contributed by atoms with van der Waals surface area (Å²) in [6, 6.07) is 16.7. The second-order valence-corrected chi connectivity index (χ2v) is 4.07. The average molecular weight is 223 g/mol. The van der Waals surface area contributed by atoms with Crippen LogP contribution in [0.4, 0.5) is 0 Å². The number of pyridine rings is 1. The first-order chi connectivity index (χ1) is 8.43. The number of rotatable bonds is 3. The molecule has 0 saturated heterocycles. The molecule has 84 valence electrons. The Morgan fingerprint density at radius 1 is 0.882 bits per heavy atom. The minimum Gasteiger partial charge on any atom is -0.218 e. The largest absolute Gasteiger partial charge is 0.218 e. The van der Waals surface area contributed by atoms with Gasteiger partial charge < -0.3 is 0 Å². The Hall–Kier alpha value is -2.16.